The fourth-order valence-corrected chi connectivity index (χ4v) is 4.28. The Balaban J connectivity index is 1.50. The third-order valence-electron chi connectivity index (χ3n) is 6.39. The second kappa shape index (κ2) is 9.94. The maximum absolute atomic E-state index is 11.6. The molecule has 1 aliphatic heterocycles. The summed E-state index contributed by atoms with van der Waals surface area (Å²) < 4.78 is 4.71. The van der Waals surface area contributed by atoms with Gasteiger partial charge in [0, 0.05) is 32.1 Å². The molecule has 1 fully saturated rings. The van der Waals surface area contributed by atoms with E-state index in [1.165, 1.54) is 30.0 Å². The number of hydrogen-bond donors (Lipinski definition) is 0. The summed E-state index contributed by atoms with van der Waals surface area (Å²) in [5, 5.41) is 9.24. The summed E-state index contributed by atoms with van der Waals surface area (Å²) in [5.41, 5.74) is 4.85. The Morgan fingerprint density at radius 3 is 2.52 bits per heavy atom. The number of aromatic nitrogens is 4. The summed E-state index contributed by atoms with van der Waals surface area (Å²) in [7, 11) is 1.34. The van der Waals surface area contributed by atoms with Crippen LogP contribution in [0.4, 0.5) is 11.6 Å². The average Bonchev–Trinajstić information content (AvgIpc) is 2.87. The average molecular weight is 447 g/mol. The number of esters is 1. The number of anilines is 2. The molecule has 0 saturated carbocycles. The molecule has 2 aromatic heterocycles. The second-order valence-corrected chi connectivity index (χ2v) is 8.34. The summed E-state index contributed by atoms with van der Waals surface area (Å²) in [6, 6.07) is 10.6. The minimum absolute atomic E-state index is 0.213. The summed E-state index contributed by atoms with van der Waals surface area (Å²) >= 11 is 0. The largest absolute Gasteiger partial charge is 0.464 e. The first-order valence-corrected chi connectivity index (χ1v) is 11.3. The van der Waals surface area contributed by atoms with Gasteiger partial charge in [0.25, 0.3) is 0 Å². The number of benzene rings is 1. The molecule has 3 heterocycles. The van der Waals surface area contributed by atoms with Crippen molar-refractivity contribution in [3.8, 4) is 0 Å². The molecule has 8 heteroatoms. The van der Waals surface area contributed by atoms with Crippen molar-refractivity contribution in [2.75, 3.05) is 36.5 Å². The number of rotatable bonds is 6. The minimum Gasteiger partial charge on any atom is -0.464 e. The zero-order valence-corrected chi connectivity index (χ0v) is 19.7. The van der Waals surface area contributed by atoms with Crippen molar-refractivity contribution < 1.29 is 9.53 Å². The van der Waals surface area contributed by atoms with Crippen molar-refractivity contribution in [1.29, 1.82) is 0 Å². The molecule has 0 bridgehead atoms. The summed E-state index contributed by atoms with van der Waals surface area (Å²) in [5.74, 6) is 1.24. The molecule has 0 aliphatic carbocycles. The SMILES string of the molecule is CCC1CN(c2nnc(Cc3ccccc3)c(C)c2C)CCN1c1cnc(C(=O)OC)cn1. The molecule has 1 unspecified atom stereocenters. The van der Waals surface area contributed by atoms with E-state index in [9.17, 15) is 4.79 Å². The van der Waals surface area contributed by atoms with Gasteiger partial charge in [-0.3, -0.25) is 0 Å². The normalized spacial score (nSPS) is 16.1. The molecular formula is C25H30N6O2. The predicted octanol–water partition coefficient (Wildman–Crippen LogP) is 3.37. The standard InChI is InChI=1S/C25H30N6O2/c1-5-20-16-30(11-12-31(20)23-15-26-22(14-27-23)25(32)33-4)24-18(3)17(2)21(28-29-24)13-19-9-7-6-8-10-19/h6-10,14-15,20H,5,11-13,16H2,1-4H3. The van der Waals surface area contributed by atoms with Gasteiger partial charge in [-0.05, 0) is 37.0 Å². The fourth-order valence-electron chi connectivity index (χ4n) is 4.28. The van der Waals surface area contributed by atoms with Crippen molar-refractivity contribution in [1.82, 2.24) is 20.2 Å². The number of hydrogen-bond acceptors (Lipinski definition) is 8. The van der Waals surface area contributed by atoms with Gasteiger partial charge in [-0.2, -0.15) is 5.10 Å². The first-order valence-electron chi connectivity index (χ1n) is 11.3. The zero-order chi connectivity index (χ0) is 23.4. The quantitative estimate of drug-likeness (QED) is 0.533. The molecular weight excluding hydrogens is 416 g/mol. The lowest BCUT2D eigenvalue weighted by Gasteiger charge is -2.42. The highest BCUT2D eigenvalue weighted by atomic mass is 16.5. The first kappa shape index (κ1) is 22.6. The Labute approximate surface area is 194 Å². The third kappa shape index (κ3) is 4.79. The highest BCUT2D eigenvalue weighted by molar-refractivity contribution is 5.86. The molecule has 1 atom stereocenters. The molecule has 33 heavy (non-hydrogen) atoms. The number of ether oxygens (including phenoxy) is 1. The van der Waals surface area contributed by atoms with Crippen LogP contribution >= 0.6 is 0 Å². The number of piperazine rings is 1. The predicted molar refractivity (Wildman–Crippen MR) is 128 cm³/mol. The third-order valence-corrected chi connectivity index (χ3v) is 6.39. The topological polar surface area (TPSA) is 84.3 Å². The van der Waals surface area contributed by atoms with Crippen LogP contribution in [-0.2, 0) is 11.2 Å². The smallest absolute Gasteiger partial charge is 0.358 e. The van der Waals surface area contributed by atoms with Crippen molar-refractivity contribution in [3.05, 3.63) is 70.8 Å². The molecule has 1 aromatic carbocycles. The van der Waals surface area contributed by atoms with E-state index < -0.39 is 5.97 Å². The van der Waals surface area contributed by atoms with Gasteiger partial charge in [0.15, 0.2) is 11.5 Å². The van der Waals surface area contributed by atoms with Gasteiger partial charge in [0.05, 0.1) is 25.2 Å². The van der Waals surface area contributed by atoms with Crippen molar-refractivity contribution in [2.24, 2.45) is 0 Å². The first-order chi connectivity index (χ1) is 16.0. The van der Waals surface area contributed by atoms with Crippen LogP contribution in [0.2, 0.25) is 0 Å². The Kier molecular flexibility index (Phi) is 6.82. The molecule has 172 valence electrons. The van der Waals surface area contributed by atoms with Crippen molar-refractivity contribution in [2.45, 2.75) is 39.7 Å². The Bertz CT molecular complexity index is 1100. The van der Waals surface area contributed by atoms with Crippen LogP contribution in [0, 0.1) is 13.8 Å². The second-order valence-electron chi connectivity index (χ2n) is 8.34. The molecule has 8 nitrogen and oxygen atoms in total. The minimum atomic E-state index is -0.481. The zero-order valence-electron chi connectivity index (χ0n) is 19.7. The van der Waals surface area contributed by atoms with Crippen molar-refractivity contribution in [3.63, 3.8) is 0 Å². The lowest BCUT2D eigenvalue weighted by molar-refractivity contribution is 0.0593. The maximum atomic E-state index is 11.6. The summed E-state index contributed by atoms with van der Waals surface area (Å²) in [4.78, 5) is 24.9. The van der Waals surface area contributed by atoms with Gasteiger partial charge in [0.1, 0.15) is 5.82 Å². The molecule has 0 N–H and O–H groups in total. The number of carbonyl (C=O) groups excluding carboxylic acids is 1. The molecule has 4 rings (SSSR count). The molecule has 1 saturated heterocycles. The lowest BCUT2D eigenvalue weighted by atomic mass is 10.0. The van der Waals surface area contributed by atoms with E-state index in [2.05, 4.69) is 75.0 Å². The van der Waals surface area contributed by atoms with E-state index in [0.717, 1.165) is 49.8 Å². The number of carbonyl (C=O) groups is 1. The molecule has 0 spiro atoms. The lowest BCUT2D eigenvalue weighted by Crippen LogP contribution is -2.54. The summed E-state index contributed by atoms with van der Waals surface area (Å²) in [6.07, 6.45) is 4.86. The van der Waals surface area contributed by atoms with E-state index >= 15 is 0 Å². The van der Waals surface area contributed by atoms with Crippen LogP contribution in [0.5, 0.6) is 0 Å². The Morgan fingerprint density at radius 2 is 1.85 bits per heavy atom. The van der Waals surface area contributed by atoms with Gasteiger partial charge >= 0.3 is 5.97 Å². The Hall–Kier alpha value is -3.55. The molecule has 0 amide bonds. The monoisotopic (exact) mass is 446 g/mol. The summed E-state index contributed by atoms with van der Waals surface area (Å²) in [6.45, 7) is 8.87. The highest BCUT2D eigenvalue weighted by Crippen LogP contribution is 2.27. The van der Waals surface area contributed by atoms with Crippen LogP contribution in [0.1, 0.15) is 46.2 Å². The molecule has 1 aliphatic rings. The van der Waals surface area contributed by atoms with Crippen LogP contribution in [0.25, 0.3) is 0 Å². The van der Waals surface area contributed by atoms with E-state index in [-0.39, 0.29) is 11.7 Å². The van der Waals surface area contributed by atoms with E-state index in [4.69, 9.17) is 4.74 Å². The van der Waals surface area contributed by atoms with E-state index in [1.54, 1.807) is 6.20 Å². The van der Waals surface area contributed by atoms with Gasteiger partial charge in [-0.1, -0.05) is 37.3 Å². The Morgan fingerprint density at radius 1 is 1.06 bits per heavy atom. The fraction of sp³-hybridized carbons (Fsp3) is 0.400. The van der Waals surface area contributed by atoms with Crippen molar-refractivity contribution >= 4 is 17.6 Å². The highest BCUT2D eigenvalue weighted by Gasteiger charge is 2.29. The number of nitrogens with zero attached hydrogens (tertiary/aromatic N) is 6. The maximum Gasteiger partial charge on any atom is 0.358 e. The van der Waals surface area contributed by atoms with Crippen LogP contribution in [0.3, 0.4) is 0 Å². The van der Waals surface area contributed by atoms with E-state index in [0.29, 0.717) is 0 Å². The van der Waals surface area contributed by atoms with Crippen LogP contribution in [0.15, 0.2) is 42.7 Å². The van der Waals surface area contributed by atoms with Gasteiger partial charge in [-0.25, -0.2) is 14.8 Å². The van der Waals surface area contributed by atoms with Gasteiger partial charge in [-0.15, -0.1) is 5.10 Å². The molecule has 0 radical (unpaired) electrons. The van der Waals surface area contributed by atoms with E-state index in [1.807, 2.05) is 6.07 Å². The number of methoxy groups -OCH3 is 1. The molecule has 3 aromatic rings. The van der Waals surface area contributed by atoms with Gasteiger partial charge < -0.3 is 14.5 Å². The van der Waals surface area contributed by atoms with Crippen LogP contribution < -0.4 is 9.80 Å². The van der Waals surface area contributed by atoms with Gasteiger partial charge in [0.2, 0.25) is 0 Å². The van der Waals surface area contributed by atoms with Crippen LogP contribution in [-0.4, -0.2) is 58.9 Å².